The highest BCUT2D eigenvalue weighted by Gasteiger charge is 2.68. The van der Waals surface area contributed by atoms with Crippen LogP contribution in [0.5, 0.6) is 0 Å². The minimum absolute atomic E-state index is 0.252. The van der Waals surface area contributed by atoms with E-state index in [9.17, 15) is 14.7 Å². The molecule has 3 saturated carbocycles. The molecule has 5 unspecified atom stereocenters. The summed E-state index contributed by atoms with van der Waals surface area (Å²) in [7, 11) is 0. The standard InChI is InChI=1S/C15H21NO3/c1-15(14(18)19)4-5-16(7-15)13(17)12-10-8-2-3-9(6-8)11(10)12/h8-12H,2-7H2,1H3,(H,18,19). The van der Waals surface area contributed by atoms with Crippen LogP contribution in [-0.2, 0) is 9.59 Å². The van der Waals surface area contributed by atoms with Crippen molar-refractivity contribution in [1.82, 2.24) is 4.90 Å². The van der Waals surface area contributed by atoms with Gasteiger partial charge in [-0.3, -0.25) is 9.59 Å². The lowest BCUT2D eigenvalue weighted by Crippen LogP contribution is -2.36. The Hall–Kier alpha value is -1.06. The van der Waals surface area contributed by atoms with Crippen molar-refractivity contribution in [2.24, 2.45) is 35.0 Å². The van der Waals surface area contributed by atoms with Gasteiger partial charge in [-0.15, -0.1) is 0 Å². The highest BCUT2D eigenvalue weighted by Crippen LogP contribution is 2.69. The van der Waals surface area contributed by atoms with Crippen LogP contribution in [0.25, 0.3) is 0 Å². The van der Waals surface area contributed by atoms with Gasteiger partial charge in [-0.2, -0.15) is 0 Å². The molecule has 2 bridgehead atoms. The van der Waals surface area contributed by atoms with Gasteiger partial charge in [0, 0.05) is 19.0 Å². The maximum absolute atomic E-state index is 12.6. The number of carbonyl (C=O) groups is 2. The monoisotopic (exact) mass is 263 g/mol. The van der Waals surface area contributed by atoms with Crippen molar-refractivity contribution >= 4 is 11.9 Å². The quantitative estimate of drug-likeness (QED) is 0.823. The summed E-state index contributed by atoms with van der Waals surface area (Å²) in [4.78, 5) is 25.7. The zero-order valence-corrected chi connectivity index (χ0v) is 11.3. The fraction of sp³-hybridized carbons (Fsp3) is 0.867. The lowest BCUT2D eigenvalue weighted by atomic mass is 9.90. The molecule has 19 heavy (non-hydrogen) atoms. The molecule has 0 aromatic carbocycles. The van der Waals surface area contributed by atoms with E-state index in [1.54, 1.807) is 6.92 Å². The molecule has 0 aromatic rings. The highest BCUT2D eigenvalue weighted by atomic mass is 16.4. The van der Waals surface area contributed by atoms with Gasteiger partial charge in [-0.25, -0.2) is 0 Å². The van der Waals surface area contributed by atoms with Crippen LogP contribution in [0, 0.1) is 35.0 Å². The first-order valence-corrected chi connectivity index (χ1v) is 7.53. The van der Waals surface area contributed by atoms with Crippen molar-refractivity contribution in [3.05, 3.63) is 0 Å². The third-order valence-corrected chi connectivity index (χ3v) is 6.32. The average molecular weight is 263 g/mol. The largest absolute Gasteiger partial charge is 0.481 e. The maximum atomic E-state index is 12.6. The summed E-state index contributed by atoms with van der Waals surface area (Å²) in [5.41, 5.74) is -0.724. The molecule has 5 atom stereocenters. The molecule has 4 aliphatic rings. The topological polar surface area (TPSA) is 57.6 Å². The SMILES string of the molecule is CC1(C(=O)O)CCN(C(=O)C2C3C4CCC(C4)C23)C1. The molecule has 1 N–H and O–H groups in total. The van der Waals surface area contributed by atoms with Crippen LogP contribution in [0.15, 0.2) is 0 Å². The predicted molar refractivity (Wildman–Crippen MR) is 68.2 cm³/mol. The zero-order valence-electron chi connectivity index (χ0n) is 11.3. The number of hydrogen-bond acceptors (Lipinski definition) is 2. The molecular formula is C15H21NO3. The van der Waals surface area contributed by atoms with Crippen LogP contribution in [0.1, 0.15) is 32.6 Å². The van der Waals surface area contributed by atoms with Crippen LogP contribution < -0.4 is 0 Å². The summed E-state index contributed by atoms with van der Waals surface area (Å²) in [5.74, 6) is 2.67. The van der Waals surface area contributed by atoms with E-state index in [0.29, 0.717) is 31.3 Å². The van der Waals surface area contributed by atoms with Crippen molar-refractivity contribution < 1.29 is 14.7 Å². The third-order valence-electron chi connectivity index (χ3n) is 6.32. The van der Waals surface area contributed by atoms with Crippen molar-refractivity contribution in [2.75, 3.05) is 13.1 Å². The van der Waals surface area contributed by atoms with E-state index in [0.717, 1.165) is 11.8 Å². The number of fused-ring (bicyclic) bond motifs is 5. The molecule has 4 heteroatoms. The first-order valence-electron chi connectivity index (χ1n) is 7.53. The van der Waals surface area contributed by atoms with Crippen molar-refractivity contribution in [3.8, 4) is 0 Å². The number of carboxylic acid groups (broad SMARTS) is 1. The number of rotatable bonds is 2. The molecule has 4 fully saturated rings. The average Bonchev–Trinajstić information content (AvgIpc) is 2.74. The molecular weight excluding hydrogens is 242 g/mol. The Morgan fingerprint density at radius 2 is 1.84 bits per heavy atom. The van der Waals surface area contributed by atoms with E-state index in [-0.39, 0.29) is 11.8 Å². The second-order valence-corrected chi connectivity index (χ2v) is 7.39. The predicted octanol–water partition coefficient (Wildman–Crippen LogP) is 1.60. The third kappa shape index (κ3) is 1.46. The van der Waals surface area contributed by atoms with Crippen LogP contribution in [-0.4, -0.2) is 35.0 Å². The molecule has 0 radical (unpaired) electrons. The first kappa shape index (κ1) is 11.7. The summed E-state index contributed by atoms with van der Waals surface area (Å²) < 4.78 is 0. The van der Waals surface area contributed by atoms with E-state index in [4.69, 9.17) is 0 Å². The normalized spacial score (nSPS) is 50.4. The van der Waals surface area contributed by atoms with Crippen molar-refractivity contribution in [1.29, 1.82) is 0 Å². The number of carboxylic acids is 1. The molecule has 104 valence electrons. The lowest BCUT2D eigenvalue weighted by molar-refractivity contribution is -0.147. The van der Waals surface area contributed by atoms with Gasteiger partial charge in [-0.1, -0.05) is 0 Å². The molecule has 3 aliphatic carbocycles. The van der Waals surface area contributed by atoms with Gasteiger partial charge < -0.3 is 10.0 Å². The Morgan fingerprint density at radius 3 is 2.37 bits per heavy atom. The molecule has 4 rings (SSSR count). The van der Waals surface area contributed by atoms with Gasteiger partial charge in [0.1, 0.15) is 0 Å². The van der Waals surface area contributed by atoms with Gasteiger partial charge in [-0.05, 0) is 56.3 Å². The number of likely N-dealkylation sites (tertiary alicyclic amines) is 1. The van der Waals surface area contributed by atoms with Crippen LogP contribution in [0.3, 0.4) is 0 Å². The molecule has 1 amide bonds. The summed E-state index contributed by atoms with van der Waals surface area (Å²) in [6, 6.07) is 0. The molecule has 1 aliphatic heterocycles. The fourth-order valence-corrected chi connectivity index (χ4v) is 5.19. The summed E-state index contributed by atoms with van der Waals surface area (Å²) in [6.07, 6.45) is 4.60. The molecule has 0 spiro atoms. The molecule has 0 aromatic heterocycles. The van der Waals surface area contributed by atoms with Crippen molar-refractivity contribution in [2.45, 2.75) is 32.6 Å². The van der Waals surface area contributed by atoms with Crippen molar-refractivity contribution in [3.63, 3.8) is 0 Å². The molecule has 1 saturated heterocycles. The zero-order chi connectivity index (χ0) is 13.4. The van der Waals surface area contributed by atoms with Crippen LogP contribution >= 0.6 is 0 Å². The molecule has 1 heterocycles. The first-order chi connectivity index (χ1) is 9.01. The van der Waals surface area contributed by atoms with E-state index in [1.165, 1.54) is 19.3 Å². The van der Waals surface area contributed by atoms with E-state index in [1.807, 2.05) is 4.90 Å². The minimum Gasteiger partial charge on any atom is -0.481 e. The van der Waals surface area contributed by atoms with Crippen LogP contribution in [0.4, 0.5) is 0 Å². The Labute approximate surface area is 113 Å². The highest BCUT2D eigenvalue weighted by molar-refractivity contribution is 5.85. The smallest absolute Gasteiger partial charge is 0.311 e. The Bertz CT molecular complexity index is 446. The maximum Gasteiger partial charge on any atom is 0.311 e. The second-order valence-electron chi connectivity index (χ2n) is 7.39. The van der Waals surface area contributed by atoms with E-state index in [2.05, 4.69) is 0 Å². The minimum atomic E-state index is -0.765. The number of carbonyl (C=O) groups excluding carboxylic acids is 1. The second kappa shape index (κ2) is 3.53. The van der Waals surface area contributed by atoms with Gasteiger partial charge in [0.2, 0.25) is 5.91 Å². The fourth-order valence-electron chi connectivity index (χ4n) is 5.19. The number of aliphatic carboxylic acids is 1. The number of hydrogen-bond donors (Lipinski definition) is 1. The van der Waals surface area contributed by atoms with E-state index < -0.39 is 11.4 Å². The summed E-state index contributed by atoms with van der Waals surface area (Å²) in [5, 5.41) is 9.24. The van der Waals surface area contributed by atoms with Gasteiger partial charge >= 0.3 is 5.97 Å². The van der Waals surface area contributed by atoms with Crippen LogP contribution in [0.2, 0.25) is 0 Å². The summed E-state index contributed by atoms with van der Waals surface area (Å²) >= 11 is 0. The molecule has 4 nitrogen and oxygen atoms in total. The van der Waals surface area contributed by atoms with Gasteiger partial charge in [0.05, 0.1) is 5.41 Å². The Balaban J connectivity index is 1.45. The summed E-state index contributed by atoms with van der Waals surface area (Å²) in [6.45, 7) is 2.80. The lowest BCUT2D eigenvalue weighted by Gasteiger charge is -2.21. The Morgan fingerprint density at radius 1 is 1.21 bits per heavy atom. The number of amides is 1. The Kier molecular flexibility index (Phi) is 2.18. The van der Waals surface area contributed by atoms with Gasteiger partial charge in [0.15, 0.2) is 0 Å². The van der Waals surface area contributed by atoms with E-state index >= 15 is 0 Å². The number of nitrogens with zero attached hydrogens (tertiary/aromatic N) is 1. The van der Waals surface area contributed by atoms with Gasteiger partial charge in [0.25, 0.3) is 0 Å².